The van der Waals surface area contributed by atoms with Crippen LogP contribution in [0, 0.1) is 11.8 Å². The Morgan fingerprint density at radius 2 is 1.86 bits per heavy atom. The molecule has 0 radical (unpaired) electrons. The van der Waals surface area contributed by atoms with Crippen molar-refractivity contribution in [1.29, 1.82) is 0 Å². The second-order valence-corrected chi connectivity index (χ2v) is 6.86. The number of benzene rings is 1. The van der Waals surface area contributed by atoms with E-state index >= 15 is 0 Å². The average Bonchev–Trinajstić information content (AvgIpc) is 2.95. The predicted octanol–water partition coefficient (Wildman–Crippen LogP) is 3.93. The molecular weight excluding hydrogens is 360 g/mol. The quantitative estimate of drug-likeness (QED) is 0.708. The molecule has 1 saturated heterocycles. The topological polar surface area (TPSA) is 33.2 Å². The lowest BCUT2D eigenvalue weighted by Crippen LogP contribution is -2.35. The van der Waals surface area contributed by atoms with Crippen molar-refractivity contribution in [2.45, 2.75) is 19.3 Å². The van der Waals surface area contributed by atoms with Crippen LogP contribution in [0.1, 0.15) is 39.5 Å². The first-order valence-electron chi connectivity index (χ1n) is 7.27. The molecule has 0 bridgehead atoms. The smallest absolute Gasteiger partial charge is 0.266 e. The van der Waals surface area contributed by atoms with Crippen molar-refractivity contribution in [3.05, 3.63) is 50.4 Å². The largest absolute Gasteiger partial charge is 0.338 e. The average molecular weight is 375 g/mol. The summed E-state index contributed by atoms with van der Waals surface area (Å²) in [6, 6.07) is 9.77. The van der Waals surface area contributed by atoms with Crippen LogP contribution < -0.4 is 0 Å². The van der Waals surface area contributed by atoms with Crippen LogP contribution in [0.15, 0.2) is 34.9 Å². The highest BCUT2D eigenvalue weighted by Crippen LogP contribution is 2.26. The van der Waals surface area contributed by atoms with Crippen LogP contribution >= 0.6 is 27.3 Å². The van der Waals surface area contributed by atoms with E-state index in [0.717, 1.165) is 31.5 Å². The normalized spacial score (nSPS) is 14.3. The fourth-order valence-corrected chi connectivity index (χ4v) is 3.86. The van der Waals surface area contributed by atoms with Gasteiger partial charge in [-0.15, -0.1) is 0 Å². The lowest BCUT2D eigenvalue weighted by atomic mass is 10.1. The number of aromatic nitrogens is 1. The molecule has 5 heteroatoms. The van der Waals surface area contributed by atoms with Crippen molar-refractivity contribution in [2.24, 2.45) is 0 Å². The van der Waals surface area contributed by atoms with Crippen molar-refractivity contribution < 1.29 is 4.79 Å². The summed E-state index contributed by atoms with van der Waals surface area (Å²) in [5, 5.41) is 0.663. The fourth-order valence-electron chi connectivity index (χ4n) is 2.37. The second kappa shape index (κ2) is 7.08. The van der Waals surface area contributed by atoms with Crippen LogP contribution in [0.25, 0.3) is 0 Å². The number of carbonyl (C=O) groups is 1. The second-order valence-electron chi connectivity index (χ2n) is 5.11. The third-order valence-electron chi connectivity index (χ3n) is 3.51. The maximum absolute atomic E-state index is 12.5. The number of likely N-dealkylation sites (tertiary alicyclic amines) is 1. The minimum Gasteiger partial charge on any atom is -0.338 e. The number of thiazole rings is 1. The minimum atomic E-state index is 0.0665. The van der Waals surface area contributed by atoms with Crippen LogP contribution in [0.3, 0.4) is 0 Å². The zero-order chi connectivity index (χ0) is 15.4. The van der Waals surface area contributed by atoms with E-state index in [1.165, 1.54) is 17.8 Å². The molecule has 3 nitrogen and oxygen atoms in total. The van der Waals surface area contributed by atoms with Gasteiger partial charge in [0.1, 0.15) is 9.48 Å². The molecule has 2 aromatic rings. The van der Waals surface area contributed by atoms with E-state index in [9.17, 15) is 4.79 Å². The molecule has 1 aromatic heterocycles. The summed E-state index contributed by atoms with van der Waals surface area (Å²) in [4.78, 5) is 19.4. The van der Waals surface area contributed by atoms with Crippen molar-refractivity contribution in [3.8, 4) is 11.8 Å². The lowest BCUT2D eigenvalue weighted by Gasteiger charge is -2.26. The molecule has 1 amide bonds. The Labute approximate surface area is 142 Å². The van der Waals surface area contributed by atoms with E-state index in [1.54, 1.807) is 0 Å². The van der Waals surface area contributed by atoms with E-state index in [0.29, 0.717) is 14.5 Å². The Hall–Kier alpha value is -1.64. The summed E-state index contributed by atoms with van der Waals surface area (Å²) < 4.78 is 0.602. The molecule has 22 heavy (non-hydrogen) atoms. The van der Waals surface area contributed by atoms with Crippen LogP contribution in [0.4, 0.5) is 0 Å². The highest BCUT2D eigenvalue weighted by molar-refractivity contribution is 9.10. The van der Waals surface area contributed by atoms with Crippen LogP contribution in [0.2, 0.25) is 0 Å². The van der Waals surface area contributed by atoms with Crippen molar-refractivity contribution in [1.82, 2.24) is 9.88 Å². The number of hydrogen-bond acceptors (Lipinski definition) is 3. The molecule has 1 aromatic carbocycles. The number of hydrogen-bond donors (Lipinski definition) is 0. The van der Waals surface area contributed by atoms with Gasteiger partial charge < -0.3 is 4.90 Å². The summed E-state index contributed by atoms with van der Waals surface area (Å²) in [5.41, 5.74) is 0.942. The molecule has 3 rings (SSSR count). The summed E-state index contributed by atoms with van der Waals surface area (Å²) in [5.74, 6) is 6.18. The third kappa shape index (κ3) is 3.57. The Morgan fingerprint density at radius 1 is 1.14 bits per heavy atom. The number of carbonyl (C=O) groups excluding carboxylic acids is 1. The molecular formula is C17H15BrN2OS. The Morgan fingerprint density at radius 3 is 2.59 bits per heavy atom. The first-order chi connectivity index (χ1) is 10.7. The number of amides is 1. The molecule has 1 fully saturated rings. The highest BCUT2D eigenvalue weighted by atomic mass is 79.9. The van der Waals surface area contributed by atoms with Gasteiger partial charge >= 0.3 is 0 Å². The summed E-state index contributed by atoms with van der Waals surface area (Å²) in [7, 11) is 0. The SMILES string of the molecule is O=C(c1sc(C#Cc2ccccc2)nc1Br)N1CCCCC1. The van der Waals surface area contributed by atoms with E-state index in [2.05, 4.69) is 32.8 Å². The van der Waals surface area contributed by atoms with Crippen molar-refractivity contribution in [3.63, 3.8) is 0 Å². The zero-order valence-electron chi connectivity index (χ0n) is 12.0. The molecule has 0 atom stereocenters. The molecule has 0 spiro atoms. The Bertz CT molecular complexity index is 724. The Balaban J connectivity index is 1.79. The number of piperidine rings is 1. The number of halogens is 1. The van der Waals surface area contributed by atoms with Crippen molar-refractivity contribution in [2.75, 3.05) is 13.1 Å². The maximum Gasteiger partial charge on any atom is 0.266 e. The van der Waals surface area contributed by atoms with Crippen LogP contribution in [0.5, 0.6) is 0 Å². The third-order valence-corrected chi connectivity index (χ3v) is 5.31. The van der Waals surface area contributed by atoms with Gasteiger partial charge in [0.05, 0.1) is 0 Å². The van der Waals surface area contributed by atoms with Gasteiger partial charge in [-0.25, -0.2) is 4.98 Å². The predicted molar refractivity (Wildman–Crippen MR) is 92.0 cm³/mol. The van der Waals surface area contributed by atoms with Gasteiger partial charge in [0.2, 0.25) is 0 Å². The van der Waals surface area contributed by atoms with Gasteiger partial charge in [-0.1, -0.05) is 35.5 Å². The van der Waals surface area contributed by atoms with Gasteiger partial charge in [-0.05, 0) is 53.2 Å². The van der Waals surface area contributed by atoms with E-state index < -0.39 is 0 Å². The first-order valence-corrected chi connectivity index (χ1v) is 8.87. The van der Waals surface area contributed by atoms with Gasteiger partial charge in [0, 0.05) is 18.7 Å². The molecule has 1 aliphatic rings. The molecule has 0 unspecified atom stereocenters. The molecule has 2 heterocycles. The first kappa shape index (κ1) is 15.3. The molecule has 112 valence electrons. The standard InChI is InChI=1S/C17H15BrN2OS/c18-16-15(17(21)20-11-5-2-6-12-20)22-14(19-16)10-9-13-7-3-1-4-8-13/h1,3-4,7-8H,2,5-6,11-12H2. The number of nitrogens with zero attached hydrogens (tertiary/aromatic N) is 2. The summed E-state index contributed by atoms with van der Waals surface area (Å²) >= 11 is 4.75. The summed E-state index contributed by atoms with van der Waals surface area (Å²) in [6.45, 7) is 1.68. The molecule has 0 N–H and O–H groups in total. The minimum absolute atomic E-state index is 0.0665. The maximum atomic E-state index is 12.5. The molecule has 0 aliphatic carbocycles. The van der Waals surface area contributed by atoms with Crippen LogP contribution in [-0.2, 0) is 0 Å². The van der Waals surface area contributed by atoms with Gasteiger partial charge in [-0.2, -0.15) is 0 Å². The van der Waals surface area contributed by atoms with Crippen LogP contribution in [-0.4, -0.2) is 28.9 Å². The monoisotopic (exact) mass is 374 g/mol. The van der Waals surface area contributed by atoms with Gasteiger partial charge in [0.15, 0.2) is 5.01 Å². The van der Waals surface area contributed by atoms with E-state index in [-0.39, 0.29) is 5.91 Å². The van der Waals surface area contributed by atoms with Gasteiger partial charge in [-0.3, -0.25) is 4.79 Å². The van der Waals surface area contributed by atoms with Gasteiger partial charge in [0.25, 0.3) is 5.91 Å². The fraction of sp³-hybridized carbons (Fsp3) is 0.294. The van der Waals surface area contributed by atoms with E-state index in [4.69, 9.17) is 0 Å². The zero-order valence-corrected chi connectivity index (χ0v) is 14.4. The van der Waals surface area contributed by atoms with E-state index in [1.807, 2.05) is 35.2 Å². The lowest BCUT2D eigenvalue weighted by molar-refractivity contribution is 0.0728. The highest BCUT2D eigenvalue weighted by Gasteiger charge is 2.23. The Kier molecular flexibility index (Phi) is 4.91. The van der Waals surface area contributed by atoms with Crippen molar-refractivity contribution >= 4 is 33.2 Å². The summed E-state index contributed by atoms with van der Waals surface area (Å²) in [6.07, 6.45) is 3.38. The molecule has 0 saturated carbocycles. The molecule has 1 aliphatic heterocycles. The number of rotatable bonds is 1.